The summed E-state index contributed by atoms with van der Waals surface area (Å²) < 4.78 is 32.4. The van der Waals surface area contributed by atoms with Gasteiger partial charge in [0, 0.05) is 31.4 Å². The Balaban J connectivity index is 1.94. The molecule has 136 valence electrons. The van der Waals surface area contributed by atoms with E-state index in [9.17, 15) is 13.2 Å². The van der Waals surface area contributed by atoms with Gasteiger partial charge in [-0.1, -0.05) is 12.1 Å². The van der Waals surface area contributed by atoms with Gasteiger partial charge in [-0.2, -0.15) is 0 Å². The van der Waals surface area contributed by atoms with Crippen molar-refractivity contribution in [2.75, 3.05) is 20.2 Å². The van der Waals surface area contributed by atoms with Gasteiger partial charge in [-0.15, -0.1) is 11.3 Å². The fraction of sp³-hybridized carbons (Fsp3) is 0.353. The highest BCUT2D eigenvalue weighted by atomic mass is 32.2. The molecule has 25 heavy (non-hydrogen) atoms. The van der Waals surface area contributed by atoms with E-state index >= 15 is 0 Å². The summed E-state index contributed by atoms with van der Waals surface area (Å²) >= 11 is 1.22. The Bertz CT molecular complexity index is 813. The molecular weight excluding hydrogens is 360 g/mol. The second kappa shape index (κ2) is 8.46. The molecule has 0 saturated heterocycles. The predicted octanol–water partition coefficient (Wildman–Crippen LogP) is 2.39. The number of sulfonamides is 1. The highest BCUT2D eigenvalue weighted by Gasteiger charge is 2.17. The number of amides is 1. The van der Waals surface area contributed by atoms with E-state index in [4.69, 9.17) is 4.74 Å². The van der Waals surface area contributed by atoms with Gasteiger partial charge in [-0.25, -0.2) is 13.1 Å². The largest absolute Gasteiger partial charge is 0.497 e. The summed E-state index contributed by atoms with van der Waals surface area (Å²) in [5.74, 6) is 0.638. The van der Waals surface area contributed by atoms with Crippen molar-refractivity contribution >= 4 is 27.3 Å². The van der Waals surface area contributed by atoms with Gasteiger partial charge in [0.05, 0.1) is 7.11 Å². The summed E-state index contributed by atoms with van der Waals surface area (Å²) in [6.07, 6.45) is 0. The molecule has 1 heterocycles. The topological polar surface area (TPSA) is 75.7 Å². The Morgan fingerprint density at radius 1 is 1.20 bits per heavy atom. The molecular formula is C17H22N2O4S2. The van der Waals surface area contributed by atoms with Crippen LogP contribution in [0.25, 0.3) is 0 Å². The highest BCUT2D eigenvalue weighted by Crippen LogP contribution is 2.20. The number of carbonyl (C=O) groups excluding carboxylic acids is 1. The number of benzene rings is 1. The summed E-state index contributed by atoms with van der Waals surface area (Å²) in [5, 5.41) is 0. The van der Waals surface area contributed by atoms with E-state index < -0.39 is 10.0 Å². The molecule has 1 aromatic heterocycles. The molecule has 1 aromatic carbocycles. The van der Waals surface area contributed by atoms with Crippen molar-refractivity contribution in [2.24, 2.45) is 0 Å². The summed E-state index contributed by atoms with van der Waals surface area (Å²) in [6, 6.07) is 10.8. The molecule has 2 aromatic rings. The van der Waals surface area contributed by atoms with Crippen molar-refractivity contribution in [2.45, 2.75) is 24.6 Å². The van der Waals surface area contributed by atoms with Crippen LogP contribution in [0.4, 0.5) is 0 Å². The van der Waals surface area contributed by atoms with Crippen molar-refractivity contribution in [3.8, 4) is 5.75 Å². The van der Waals surface area contributed by atoms with E-state index in [0.717, 1.165) is 16.2 Å². The van der Waals surface area contributed by atoms with Crippen LogP contribution in [0.15, 0.2) is 40.6 Å². The number of carbonyl (C=O) groups is 1. The maximum atomic E-state index is 12.2. The molecule has 0 aliphatic heterocycles. The van der Waals surface area contributed by atoms with E-state index in [-0.39, 0.29) is 16.7 Å². The number of rotatable bonds is 8. The zero-order valence-corrected chi connectivity index (χ0v) is 16.1. The van der Waals surface area contributed by atoms with Crippen LogP contribution in [-0.2, 0) is 21.4 Å². The number of hydrogen-bond acceptors (Lipinski definition) is 5. The number of methoxy groups -OCH3 is 1. The minimum atomic E-state index is -3.53. The fourth-order valence-electron chi connectivity index (χ4n) is 2.24. The number of nitrogens with zero attached hydrogens (tertiary/aromatic N) is 1. The van der Waals surface area contributed by atoms with Gasteiger partial charge in [-0.05, 0) is 36.8 Å². The Morgan fingerprint density at radius 2 is 1.88 bits per heavy atom. The molecule has 6 nitrogen and oxygen atoms in total. The van der Waals surface area contributed by atoms with Gasteiger partial charge in [0.25, 0.3) is 0 Å². The smallest absolute Gasteiger partial charge is 0.250 e. The number of ether oxygens (including phenoxy) is 1. The molecule has 0 radical (unpaired) electrons. The molecule has 0 aliphatic carbocycles. The second-order valence-electron chi connectivity index (χ2n) is 5.55. The third kappa shape index (κ3) is 5.55. The highest BCUT2D eigenvalue weighted by molar-refractivity contribution is 7.91. The lowest BCUT2D eigenvalue weighted by atomic mass is 10.2. The fourth-order valence-corrected chi connectivity index (χ4v) is 4.59. The van der Waals surface area contributed by atoms with Gasteiger partial charge in [0.15, 0.2) is 0 Å². The van der Waals surface area contributed by atoms with Crippen LogP contribution in [0.3, 0.4) is 0 Å². The molecule has 0 aliphatic rings. The van der Waals surface area contributed by atoms with Crippen molar-refractivity contribution in [1.82, 2.24) is 9.62 Å². The molecule has 0 spiro atoms. The average Bonchev–Trinajstić information content (AvgIpc) is 3.02. The second-order valence-corrected chi connectivity index (χ2v) is 8.83. The maximum absolute atomic E-state index is 12.2. The maximum Gasteiger partial charge on any atom is 0.250 e. The molecule has 8 heteroatoms. The Kier molecular flexibility index (Phi) is 6.57. The Labute approximate surface area is 152 Å². The lowest BCUT2D eigenvalue weighted by Gasteiger charge is -2.21. The van der Waals surface area contributed by atoms with Gasteiger partial charge in [0.1, 0.15) is 9.96 Å². The molecule has 0 fully saturated rings. The van der Waals surface area contributed by atoms with E-state index in [0.29, 0.717) is 13.1 Å². The molecule has 1 amide bonds. The van der Waals surface area contributed by atoms with E-state index in [1.807, 2.05) is 31.2 Å². The quantitative estimate of drug-likeness (QED) is 0.761. The normalized spacial score (nSPS) is 11.3. The average molecular weight is 383 g/mol. The third-order valence-corrected chi connectivity index (χ3v) is 6.59. The molecule has 2 rings (SSSR count). The van der Waals surface area contributed by atoms with E-state index in [1.165, 1.54) is 18.3 Å². The van der Waals surface area contributed by atoms with Gasteiger partial charge in [-0.3, -0.25) is 4.79 Å². The first-order chi connectivity index (χ1) is 11.8. The predicted molar refractivity (Wildman–Crippen MR) is 98.3 cm³/mol. The van der Waals surface area contributed by atoms with Crippen molar-refractivity contribution in [3.05, 3.63) is 46.8 Å². The minimum Gasteiger partial charge on any atom is -0.497 e. The number of nitrogens with one attached hydrogen (secondary N) is 1. The zero-order valence-electron chi connectivity index (χ0n) is 14.5. The summed E-state index contributed by atoms with van der Waals surface area (Å²) in [6.45, 7) is 4.20. The van der Waals surface area contributed by atoms with E-state index in [1.54, 1.807) is 24.1 Å². The first kappa shape index (κ1) is 19.4. The minimum absolute atomic E-state index is 0.109. The Hall–Kier alpha value is -1.90. The monoisotopic (exact) mass is 382 g/mol. The van der Waals surface area contributed by atoms with Crippen LogP contribution in [0.2, 0.25) is 0 Å². The van der Waals surface area contributed by atoms with Crippen LogP contribution < -0.4 is 9.46 Å². The molecule has 0 saturated carbocycles. The molecule has 1 N–H and O–H groups in total. The summed E-state index contributed by atoms with van der Waals surface area (Å²) in [7, 11) is -1.93. The lowest BCUT2D eigenvalue weighted by Crippen LogP contribution is -2.36. The Morgan fingerprint density at radius 3 is 2.40 bits per heavy atom. The van der Waals surface area contributed by atoms with Crippen LogP contribution in [0, 0.1) is 6.92 Å². The number of hydrogen-bond donors (Lipinski definition) is 1. The molecule has 0 bridgehead atoms. The van der Waals surface area contributed by atoms with Gasteiger partial charge >= 0.3 is 0 Å². The van der Waals surface area contributed by atoms with Crippen LogP contribution in [0.1, 0.15) is 17.4 Å². The standard InChI is InChI=1S/C17H22N2O4S2/c1-13-4-9-17(24-13)25(21,22)18-10-11-19(14(2)20)12-15-5-7-16(23-3)8-6-15/h4-9,18H,10-12H2,1-3H3. The zero-order chi connectivity index (χ0) is 18.4. The van der Waals surface area contributed by atoms with Gasteiger partial charge < -0.3 is 9.64 Å². The van der Waals surface area contributed by atoms with Crippen LogP contribution >= 0.6 is 11.3 Å². The van der Waals surface area contributed by atoms with Crippen LogP contribution in [0.5, 0.6) is 5.75 Å². The SMILES string of the molecule is COc1ccc(CN(CCNS(=O)(=O)c2ccc(C)s2)C(C)=O)cc1. The lowest BCUT2D eigenvalue weighted by molar-refractivity contribution is -0.129. The van der Waals surface area contributed by atoms with Crippen molar-refractivity contribution < 1.29 is 17.9 Å². The summed E-state index contributed by atoms with van der Waals surface area (Å²) in [5.41, 5.74) is 0.952. The molecule has 0 unspecified atom stereocenters. The summed E-state index contributed by atoms with van der Waals surface area (Å²) in [4.78, 5) is 14.4. The van der Waals surface area contributed by atoms with Crippen LogP contribution in [-0.4, -0.2) is 39.4 Å². The third-order valence-electron chi connectivity index (χ3n) is 3.63. The van der Waals surface area contributed by atoms with Crippen molar-refractivity contribution in [1.29, 1.82) is 0 Å². The van der Waals surface area contributed by atoms with E-state index in [2.05, 4.69) is 4.72 Å². The first-order valence-corrected chi connectivity index (χ1v) is 10.1. The number of aryl methyl sites for hydroxylation is 1. The first-order valence-electron chi connectivity index (χ1n) is 7.76. The number of thiophene rings is 1. The van der Waals surface area contributed by atoms with Gasteiger partial charge in [0.2, 0.25) is 15.9 Å². The molecule has 0 atom stereocenters. The van der Waals surface area contributed by atoms with Crippen molar-refractivity contribution in [3.63, 3.8) is 0 Å².